The van der Waals surface area contributed by atoms with Gasteiger partial charge in [0.2, 0.25) is 5.95 Å². The summed E-state index contributed by atoms with van der Waals surface area (Å²) in [6, 6.07) is 0.927. The number of aliphatic hydroxyl groups is 2. The molecule has 0 radical (unpaired) electrons. The second-order valence-corrected chi connectivity index (χ2v) is 6.03. The molecule has 1 atom stereocenters. The van der Waals surface area contributed by atoms with Crippen LogP contribution in [0.2, 0.25) is 0 Å². The lowest BCUT2D eigenvalue weighted by Crippen LogP contribution is -2.35. The summed E-state index contributed by atoms with van der Waals surface area (Å²) in [6.45, 7) is 0.420. The number of hydrogen-bond acceptors (Lipinski definition) is 6. The molecule has 2 heterocycles. The van der Waals surface area contributed by atoms with E-state index in [0.717, 1.165) is 6.07 Å². The molecule has 0 spiro atoms. The summed E-state index contributed by atoms with van der Waals surface area (Å²) in [7, 11) is 3.15. The van der Waals surface area contributed by atoms with Crippen molar-refractivity contribution >= 4 is 11.8 Å². The zero-order valence-electron chi connectivity index (χ0n) is 13.1. The van der Waals surface area contributed by atoms with Crippen molar-refractivity contribution in [2.45, 2.75) is 31.0 Å². The molecule has 1 aliphatic heterocycles. The highest BCUT2D eigenvalue weighted by Crippen LogP contribution is 2.32. The molecule has 0 saturated carbocycles. The van der Waals surface area contributed by atoms with Gasteiger partial charge in [-0.25, -0.2) is 4.98 Å². The van der Waals surface area contributed by atoms with Crippen LogP contribution in [-0.2, 0) is 6.18 Å². The van der Waals surface area contributed by atoms with Gasteiger partial charge in [-0.2, -0.15) is 18.2 Å². The first-order valence-electron chi connectivity index (χ1n) is 7.36. The van der Waals surface area contributed by atoms with E-state index < -0.39 is 17.5 Å². The summed E-state index contributed by atoms with van der Waals surface area (Å²) in [5.41, 5.74) is -2.17. The van der Waals surface area contributed by atoms with Gasteiger partial charge in [-0.15, -0.1) is 0 Å². The van der Waals surface area contributed by atoms with Gasteiger partial charge in [0.25, 0.3) is 0 Å². The van der Waals surface area contributed by atoms with Crippen LogP contribution in [0.4, 0.5) is 24.9 Å². The van der Waals surface area contributed by atoms with Gasteiger partial charge in [0.1, 0.15) is 5.82 Å². The van der Waals surface area contributed by atoms with Crippen molar-refractivity contribution in [1.29, 1.82) is 0 Å². The maximum Gasteiger partial charge on any atom is 0.433 e. The molecule has 0 amide bonds. The number of hydrogen-bond donors (Lipinski definition) is 2. The van der Waals surface area contributed by atoms with Gasteiger partial charge in [0, 0.05) is 33.3 Å². The van der Waals surface area contributed by atoms with E-state index >= 15 is 0 Å². The molecule has 0 unspecified atom stereocenters. The van der Waals surface area contributed by atoms with E-state index in [1.165, 1.54) is 4.90 Å². The molecule has 1 aliphatic rings. The van der Waals surface area contributed by atoms with Gasteiger partial charge >= 0.3 is 6.18 Å². The summed E-state index contributed by atoms with van der Waals surface area (Å²) in [5, 5.41) is 19.4. The highest BCUT2D eigenvalue weighted by molar-refractivity contribution is 5.46. The summed E-state index contributed by atoms with van der Waals surface area (Å²) >= 11 is 0. The van der Waals surface area contributed by atoms with E-state index in [0.29, 0.717) is 25.9 Å². The van der Waals surface area contributed by atoms with Gasteiger partial charge in [0.05, 0.1) is 12.2 Å². The van der Waals surface area contributed by atoms with Crippen LogP contribution in [-0.4, -0.2) is 59.6 Å². The van der Waals surface area contributed by atoms with Gasteiger partial charge in [-0.05, 0) is 19.3 Å². The molecule has 0 aromatic carbocycles. The molecule has 1 aromatic rings. The Bertz CT molecular complexity index is 553. The molecular weight excluding hydrogens is 313 g/mol. The molecular formula is C14H21F3N4O2. The highest BCUT2D eigenvalue weighted by atomic mass is 19.4. The third-order valence-corrected chi connectivity index (χ3v) is 3.93. The number of halogens is 3. The monoisotopic (exact) mass is 334 g/mol. The standard InChI is InChI=1S/C14H21F3N4O2/c1-20(2)12-18-10(14(15,16)17)8-11(19-12)21-6-3-4-13(23,9-22)5-7-21/h8,22-23H,3-7,9H2,1-2H3/t13-/m0/s1. The van der Waals surface area contributed by atoms with Crippen molar-refractivity contribution in [3.63, 3.8) is 0 Å². The molecule has 0 bridgehead atoms. The van der Waals surface area contributed by atoms with E-state index in [-0.39, 0.29) is 24.8 Å². The Balaban J connectivity index is 2.33. The van der Waals surface area contributed by atoms with Crippen LogP contribution >= 0.6 is 0 Å². The first kappa shape index (κ1) is 17.7. The third-order valence-electron chi connectivity index (χ3n) is 3.93. The molecule has 6 nitrogen and oxygen atoms in total. The molecule has 2 N–H and O–H groups in total. The fraction of sp³-hybridized carbons (Fsp3) is 0.714. The minimum absolute atomic E-state index is 0.0171. The Hall–Kier alpha value is -1.61. The molecule has 1 aromatic heterocycles. The van der Waals surface area contributed by atoms with E-state index in [9.17, 15) is 23.4 Å². The van der Waals surface area contributed by atoms with Crippen LogP contribution in [0.3, 0.4) is 0 Å². The van der Waals surface area contributed by atoms with E-state index in [1.807, 2.05) is 0 Å². The maximum atomic E-state index is 13.0. The van der Waals surface area contributed by atoms with E-state index in [1.54, 1.807) is 19.0 Å². The zero-order valence-corrected chi connectivity index (χ0v) is 13.1. The quantitative estimate of drug-likeness (QED) is 0.867. The summed E-state index contributed by atoms with van der Waals surface area (Å²) in [5.74, 6) is 0.162. The van der Waals surface area contributed by atoms with Crippen LogP contribution in [0.25, 0.3) is 0 Å². The lowest BCUT2D eigenvalue weighted by molar-refractivity contribution is -0.141. The lowest BCUT2D eigenvalue weighted by Gasteiger charge is -2.26. The smallest absolute Gasteiger partial charge is 0.393 e. The Morgan fingerprint density at radius 3 is 2.52 bits per heavy atom. The summed E-state index contributed by atoms with van der Waals surface area (Å²) in [4.78, 5) is 10.8. The van der Waals surface area contributed by atoms with Crippen molar-refractivity contribution in [3.05, 3.63) is 11.8 Å². The first-order chi connectivity index (χ1) is 10.6. The van der Waals surface area contributed by atoms with Crippen molar-refractivity contribution < 1.29 is 23.4 Å². The number of rotatable bonds is 3. The van der Waals surface area contributed by atoms with Crippen molar-refractivity contribution in [2.24, 2.45) is 0 Å². The lowest BCUT2D eigenvalue weighted by atomic mass is 9.96. The molecule has 2 rings (SSSR count). The second-order valence-electron chi connectivity index (χ2n) is 6.03. The molecule has 1 fully saturated rings. The Morgan fingerprint density at radius 2 is 1.96 bits per heavy atom. The predicted octanol–water partition coefficient (Wildman–Crippen LogP) is 1.28. The molecule has 0 aliphatic carbocycles. The van der Waals surface area contributed by atoms with Crippen LogP contribution in [0, 0.1) is 0 Å². The Kier molecular flexibility index (Phi) is 5.00. The maximum absolute atomic E-state index is 13.0. The average Bonchev–Trinajstić information content (AvgIpc) is 2.68. The van der Waals surface area contributed by atoms with Crippen LogP contribution < -0.4 is 9.80 Å². The molecule has 9 heteroatoms. The second kappa shape index (κ2) is 6.48. The van der Waals surface area contributed by atoms with Crippen LogP contribution in [0.15, 0.2) is 6.07 Å². The van der Waals surface area contributed by atoms with E-state index in [2.05, 4.69) is 9.97 Å². The number of aromatic nitrogens is 2. The summed E-state index contributed by atoms with van der Waals surface area (Å²) < 4.78 is 39.1. The largest absolute Gasteiger partial charge is 0.433 e. The third kappa shape index (κ3) is 4.23. The fourth-order valence-corrected chi connectivity index (χ4v) is 2.50. The summed E-state index contributed by atoms with van der Waals surface area (Å²) in [6.07, 6.45) is -3.33. The number of nitrogens with zero attached hydrogens (tertiary/aromatic N) is 4. The average molecular weight is 334 g/mol. The van der Waals surface area contributed by atoms with Crippen LogP contribution in [0.1, 0.15) is 25.0 Å². The Morgan fingerprint density at radius 1 is 1.26 bits per heavy atom. The number of anilines is 2. The van der Waals surface area contributed by atoms with Crippen molar-refractivity contribution in [3.8, 4) is 0 Å². The minimum Gasteiger partial charge on any atom is -0.393 e. The van der Waals surface area contributed by atoms with Crippen molar-refractivity contribution in [1.82, 2.24) is 9.97 Å². The Labute approximate surface area is 132 Å². The number of alkyl halides is 3. The fourth-order valence-electron chi connectivity index (χ4n) is 2.50. The highest BCUT2D eigenvalue weighted by Gasteiger charge is 2.35. The number of aliphatic hydroxyl groups excluding tert-OH is 1. The van der Waals surface area contributed by atoms with Gasteiger partial charge in [-0.3, -0.25) is 0 Å². The SMILES string of the molecule is CN(C)c1nc(N2CCC[C@@](O)(CO)CC2)cc(C(F)(F)F)n1. The molecule has 1 saturated heterocycles. The molecule has 130 valence electrons. The topological polar surface area (TPSA) is 72.7 Å². The van der Waals surface area contributed by atoms with Crippen molar-refractivity contribution in [2.75, 3.05) is 43.6 Å². The van der Waals surface area contributed by atoms with E-state index in [4.69, 9.17) is 0 Å². The van der Waals surface area contributed by atoms with Gasteiger partial charge in [-0.1, -0.05) is 0 Å². The van der Waals surface area contributed by atoms with Crippen LogP contribution in [0.5, 0.6) is 0 Å². The normalized spacial score (nSPS) is 22.8. The minimum atomic E-state index is -4.56. The first-order valence-corrected chi connectivity index (χ1v) is 7.36. The van der Waals surface area contributed by atoms with Gasteiger partial charge < -0.3 is 20.0 Å². The zero-order chi connectivity index (χ0) is 17.3. The molecule has 23 heavy (non-hydrogen) atoms. The van der Waals surface area contributed by atoms with Gasteiger partial charge in [0.15, 0.2) is 5.69 Å². The predicted molar refractivity (Wildman–Crippen MR) is 79.5 cm³/mol.